The highest BCUT2D eigenvalue weighted by atomic mass is 32.2. The first-order valence-corrected chi connectivity index (χ1v) is 10.1. The van der Waals surface area contributed by atoms with Crippen molar-refractivity contribution >= 4 is 46.3 Å². The molecule has 0 radical (unpaired) electrons. The van der Waals surface area contributed by atoms with Crippen molar-refractivity contribution in [3.63, 3.8) is 0 Å². The molecule has 8 heteroatoms. The average Bonchev–Trinajstić information content (AvgIpc) is 2.97. The molecule has 0 aliphatic carbocycles. The van der Waals surface area contributed by atoms with Gasteiger partial charge in [-0.05, 0) is 59.7 Å². The van der Waals surface area contributed by atoms with E-state index in [0.717, 1.165) is 17.7 Å². The first-order chi connectivity index (χ1) is 14.0. The molecule has 2 heterocycles. The second kappa shape index (κ2) is 9.49. The number of thioether (sulfide) groups is 1. The van der Waals surface area contributed by atoms with E-state index in [4.69, 9.17) is 5.73 Å². The van der Waals surface area contributed by atoms with Gasteiger partial charge in [-0.1, -0.05) is 19.1 Å². The van der Waals surface area contributed by atoms with E-state index < -0.39 is 0 Å². The van der Waals surface area contributed by atoms with Crippen LogP contribution in [0.3, 0.4) is 0 Å². The van der Waals surface area contributed by atoms with Gasteiger partial charge in [-0.3, -0.25) is 14.5 Å². The minimum absolute atomic E-state index is 0.121. The third kappa shape index (κ3) is 5.30. The number of benzene rings is 1. The first-order valence-electron chi connectivity index (χ1n) is 9.31. The largest absolute Gasteiger partial charge is 0.330 e. The maximum Gasteiger partial charge on any atom is 0.266 e. The Labute approximate surface area is 174 Å². The molecule has 2 aromatic rings. The second-order valence-corrected chi connectivity index (χ2v) is 7.46. The number of hydrogen-bond donors (Lipinski definition) is 2. The minimum Gasteiger partial charge on any atom is -0.330 e. The highest BCUT2D eigenvalue weighted by Gasteiger charge is 2.30. The number of carbonyl (C=O) groups is 2. The predicted molar refractivity (Wildman–Crippen MR) is 118 cm³/mol. The number of amidine groups is 1. The van der Waals surface area contributed by atoms with Gasteiger partial charge < -0.3 is 11.1 Å². The summed E-state index contributed by atoms with van der Waals surface area (Å²) in [6, 6.07) is 11.5. The number of carbonyl (C=O) groups excluding carboxylic acids is 2. The van der Waals surface area contributed by atoms with Gasteiger partial charge in [-0.25, -0.2) is 9.98 Å². The van der Waals surface area contributed by atoms with Gasteiger partial charge in [0.05, 0.1) is 10.6 Å². The average molecular weight is 410 g/mol. The van der Waals surface area contributed by atoms with Crippen LogP contribution in [0.5, 0.6) is 0 Å². The Bertz CT molecular complexity index is 969. The highest BCUT2D eigenvalue weighted by molar-refractivity contribution is 8.18. The van der Waals surface area contributed by atoms with Crippen LogP contribution in [-0.4, -0.2) is 40.5 Å². The zero-order chi connectivity index (χ0) is 20.8. The molecule has 0 spiro atoms. The Hall–Kier alpha value is -2.97. The molecule has 0 atom stereocenters. The molecule has 1 fully saturated rings. The van der Waals surface area contributed by atoms with Crippen molar-refractivity contribution in [3.8, 4) is 0 Å². The van der Waals surface area contributed by atoms with Gasteiger partial charge in [0.15, 0.2) is 5.17 Å². The van der Waals surface area contributed by atoms with Gasteiger partial charge in [-0.2, -0.15) is 0 Å². The monoisotopic (exact) mass is 409 g/mol. The van der Waals surface area contributed by atoms with Crippen LogP contribution in [0.2, 0.25) is 0 Å². The lowest BCUT2D eigenvalue weighted by atomic mass is 10.2. The zero-order valence-corrected chi connectivity index (χ0v) is 17.2. The molecule has 0 bridgehead atoms. The van der Waals surface area contributed by atoms with Gasteiger partial charge in [0, 0.05) is 26.2 Å². The molecule has 1 aromatic carbocycles. The van der Waals surface area contributed by atoms with Crippen molar-refractivity contribution in [1.29, 1.82) is 0 Å². The Kier molecular flexibility index (Phi) is 6.79. The molecule has 1 aliphatic rings. The van der Waals surface area contributed by atoms with Crippen molar-refractivity contribution < 1.29 is 9.59 Å². The van der Waals surface area contributed by atoms with Crippen LogP contribution < -0.4 is 11.1 Å². The fourth-order valence-electron chi connectivity index (χ4n) is 2.66. The van der Waals surface area contributed by atoms with E-state index in [2.05, 4.69) is 22.2 Å². The number of hydrogen-bond acceptors (Lipinski definition) is 6. The number of rotatable bonds is 6. The number of nitrogens with two attached hydrogens (primary N) is 1. The normalized spacial score (nSPS) is 16.7. The topological polar surface area (TPSA) is 101 Å². The lowest BCUT2D eigenvalue weighted by molar-refractivity contribution is -0.121. The van der Waals surface area contributed by atoms with Crippen LogP contribution >= 0.6 is 11.8 Å². The van der Waals surface area contributed by atoms with E-state index in [1.807, 2.05) is 24.3 Å². The van der Waals surface area contributed by atoms with Gasteiger partial charge >= 0.3 is 0 Å². The highest BCUT2D eigenvalue weighted by Crippen LogP contribution is 2.33. The number of anilines is 1. The summed E-state index contributed by atoms with van der Waals surface area (Å²) >= 11 is 1.32. The summed E-state index contributed by atoms with van der Waals surface area (Å²) in [5.74, 6) is 0.107. The number of pyridine rings is 1. The van der Waals surface area contributed by atoms with E-state index in [1.54, 1.807) is 31.5 Å². The van der Waals surface area contributed by atoms with Gasteiger partial charge in [0.2, 0.25) is 5.91 Å². The molecule has 3 rings (SSSR count). The Morgan fingerprint density at radius 1 is 1.31 bits per heavy atom. The zero-order valence-electron chi connectivity index (χ0n) is 16.4. The molecule has 150 valence electrons. The Morgan fingerprint density at radius 2 is 2.07 bits per heavy atom. The van der Waals surface area contributed by atoms with Crippen LogP contribution in [0.1, 0.15) is 24.5 Å². The summed E-state index contributed by atoms with van der Waals surface area (Å²) in [6.07, 6.45) is 4.55. The number of nitrogens with one attached hydrogen (secondary N) is 1. The standard InChI is InChI=1S/C21H23N5O2S/c1-3-14-4-6-16(7-5-14)24-21-26(2)20(28)17(29-21)12-15-9-11-23-18(13-15)25-19(27)8-10-22/h4-7,9,11-13H,3,8,10,22H2,1-2H3,(H,23,25,27)/b17-12-,24-21?. The first kappa shape index (κ1) is 20.8. The molecule has 29 heavy (non-hydrogen) atoms. The Balaban J connectivity index is 1.79. The number of nitrogens with zero attached hydrogens (tertiary/aromatic N) is 3. The lowest BCUT2D eigenvalue weighted by Crippen LogP contribution is -2.23. The van der Waals surface area contributed by atoms with E-state index >= 15 is 0 Å². The van der Waals surface area contributed by atoms with Gasteiger partial charge in [0.25, 0.3) is 5.91 Å². The van der Waals surface area contributed by atoms with Crippen molar-refractivity contribution in [3.05, 3.63) is 58.6 Å². The van der Waals surface area contributed by atoms with E-state index in [9.17, 15) is 9.59 Å². The predicted octanol–water partition coefficient (Wildman–Crippen LogP) is 3.17. The molecule has 7 nitrogen and oxygen atoms in total. The van der Waals surface area contributed by atoms with Gasteiger partial charge in [0.1, 0.15) is 5.82 Å². The molecule has 0 saturated carbocycles. The lowest BCUT2D eigenvalue weighted by Gasteiger charge is -2.07. The van der Waals surface area contributed by atoms with Crippen LogP contribution in [0, 0.1) is 0 Å². The summed E-state index contributed by atoms with van der Waals surface area (Å²) in [5.41, 5.74) is 8.20. The van der Waals surface area contributed by atoms with Crippen molar-refractivity contribution in [2.45, 2.75) is 19.8 Å². The van der Waals surface area contributed by atoms with Crippen LogP contribution in [0.15, 0.2) is 52.5 Å². The maximum atomic E-state index is 12.6. The molecule has 2 amide bonds. The fourth-order valence-corrected chi connectivity index (χ4v) is 3.65. The van der Waals surface area contributed by atoms with Crippen LogP contribution in [-0.2, 0) is 16.0 Å². The molecule has 1 saturated heterocycles. The number of aliphatic imine (C=N–C) groups is 1. The maximum absolute atomic E-state index is 12.6. The van der Waals surface area contributed by atoms with Gasteiger partial charge in [-0.15, -0.1) is 0 Å². The molecule has 1 aliphatic heterocycles. The van der Waals surface area contributed by atoms with E-state index in [0.29, 0.717) is 15.9 Å². The van der Waals surface area contributed by atoms with Crippen molar-refractivity contribution in [2.24, 2.45) is 10.7 Å². The number of likely N-dealkylation sites (N-methyl/N-ethyl adjacent to an activating group) is 1. The summed E-state index contributed by atoms with van der Waals surface area (Å²) in [6.45, 7) is 2.38. The smallest absolute Gasteiger partial charge is 0.266 e. The van der Waals surface area contributed by atoms with Crippen LogP contribution in [0.4, 0.5) is 11.5 Å². The molecular weight excluding hydrogens is 386 g/mol. The molecule has 0 unspecified atom stereocenters. The third-order valence-corrected chi connectivity index (χ3v) is 5.35. The molecule has 3 N–H and O–H groups in total. The number of amides is 2. The fraction of sp³-hybridized carbons (Fsp3) is 0.238. The van der Waals surface area contributed by atoms with E-state index in [1.165, 1.54) is 22.2 Å². The number of aromatic nitrogens is 1. The summed E-state index contributed by atoms with van der Waals surface area (Å²) < 4.78 is 0. The minimum atomic E-state index is -0.195. The SMILES string of the molecule is CCc1ccc(N=C2S/C(=C\c3ccnc(NC(=O)CCN)c3)C(=O)N2C)cc1. The second-order valence-electron chi connectivity index (χ2n) is 6.45. The third-order valence-electron chi connectivity index (χ3n) is 4.29. The Morgan fingerprint density at radius 3 is 2.76 bits per heavy atom. The van der Waals surface area contributed by atoms with E-state index in [-0.39, 0.29) is 24.8 Å². The summed E-state index contributed by atoms with van der Waals surface area (Å²) in [7, 11) is 1.71. The van der Waals surface area contributed by atoms with Crippen molar-refractivity contribution in [1.82, 2.24) is 9.88 Å². The molecule has 1 aromatic heterocycles. The quantitative estimate of drug-likeness (QED) is 0.714. The number of aryl methyl sites for hydroxylation is 1. The van der Waals surface area contributed by atoms with Crippen LogP contribution in [0.25, 0.3) is 6.08 Å². The summed E-state index contributed by atoms with van der Waals surface area (Å²) in [4.78, 5) is 35.1. The van der Waals surface area contributed by atoms with Crippen molar-refractivity contribution in [2.75, 3.05) is 18.9 Å². The summed E-state index contributed by atoms with van der Waals surface area (Å²) in [5, 5.41) is 3.32. The molecular formula is C21H23N5O2S.